The predicted molar refractivity (Wildman–Crippen MR) is 77.1 cm³/mol. The molecule has 0 bridgehead atoms. The maximum absolute atomic E-state index is 12.5. The molecule has 0 aromatic carbocycles. The normalized spacial score (nSPS) is 18.0. The minimum absolute atomic E-state index is 0.00962. The smallest absolute Gasteiger partial charge is 0.272 e. The molecule has 110 valence electrons. The number of pyridine rings is 1. The lowest BCUT2D eigenvalue weighted by molar-refractivity contribution is 0.0761. The topological polar surface area (TPSA) is 60.3 Å². The van der Waals surface area contributed by atoms with Crippen LogP contribution in [0.3, 0.4) is 0 Å². The second-order valence-electron chi connectivity index (χ2n) is 5.26. The van der Waals surface area contributed by atoms with Crippen molar-refractivity contribution >= 4 is 5.91 Å². The van der Waals surface area contributed by atoms with Crippen molar-refractivity contribution in [3.63, 3.8) is 0 Å². The van der Waals surface area contributed by atoms with Crippen LogP contribution in [0.1, 0.15) is 22.6 Å². The summed E-state index contributed by atoms with van der Waals surface area (Å²) in [6.07, 6.45) is 4.25. The van der Waals surface area contributed by atoms with E-state index >= 15 is 0 Å². The van der Waals surface area contributed by atoms with Crippen LogP contribution in [-0.2, 0) is 7.05 Å². The maximum atomic E-state index is 12.5. The monoisotopic (exact) mass is 286 g/mol. The molecule has 0 aliphatic carbocycles. The van der Waals surface area contributed by atoms with Gasteiger partial charge in [0, 0.05) is 26.2 Å². The molecule has 21 heavy (non-hydrogen) atoms. The predicted octanol–water partition coefficient (Wildman–Crippen LogP) is 1.42. The zero-order valence-corrected chi connectivity index (χ0v) is 12.2. The van der Waals surface area contributed by atoms with Gasteiger partial charge in [-0.05, 0) is 25.1 Å². The molecule has 3 heterocycles. The van der Waals surface area contributed by atoms with Gasteiger partial charge in [0.05, 0.1) is 18.4 Å². The molecule has 0 saturated carbocycles. The van der Waals surface area contributed by atoms with Crippen LogP contribution in [0.2, 0.25) is 0 Å². The number of carbonyl (C=O) groups excluding carboxylic acids is 1. The van der Waals surface area contributed by atoms with Crippen molar-refractivity contribution < 1.29 is 9.53 Å². The van der Waals surface area contributed by atoms with Crippen LogP contribution in [0.4, 0.5) is 0 Å². The van der Waals surface area contributed by atoms with E-state index in [1.165, 1.54) is 0 Å². The molecule has 1 fully saturated rings. The Hall–Kier alpha value is -2.37. The summed E-state index contributed by atoms with van der Waals surface area (Å²) in [4.78, 5) is 18.3. The summed E-state index contributed by atoms with van der Waals surface area (Å²) in [6.45, 7) is 3.18. The van der Waals surface area contributed by atoms with E-state index in [2.05, 4.69) is 10.1 Å². The highest BCUT2D eigenvalue weighted by molar-refractivity contribution is 5.92. The molecule has 0 spiro atoms. The third-order valence-electron chi connectivity index (χ3n) is 3.59. The zero-order chi connectivity index (χ0) is 14.8. The molecule has 0 N–H and O–H groups in total. The van der Waals surface area contributed by atoms with Gasteiger partial charge in [0.15, 0.2) is 0 Å². The highest BCUT2D eigenvalue weighted by Crippen LogP contribution is 2.19. The van der Waals surface area contributed by atoms with E-state index in [0.29, 0.717) is 18.8 Å². The van der Waals surface area contributed by atoms with E-state index in [-0.39, 0.29) is 12.0 Å². The summed E-state index contributed by atoms with van der Waals surface area (Å²) >= 11 is 0. The van der Waals surface area contributed by atoms with Crippen molar-refractivity contribution in [3.8, 4) is 5.75 Å². The summed E-state index contributed by atoms with van der Waals surface area (Å²) in [5.74, 6) is 0.753. The highest BCUT2D eigenvalue weighted by Gasteiger charge is 2.29. The van der Waals surface area contributed by atoms with Crippen molar-refractivity contribution in [2.24, 2.45) is 7.05 Å². The van der Waals surface area contributed by atoms with Crippen LogP contribution in [0.15, 0.2) is 30.6 Å². The van der Waals surface area contributed by atoms with E-state index in [1.807, 2.05) is 30.0 Å². The van der Waals surface area contributed by atoms with Crippen molar-refractivity contribution in [2.45, 2.75) is 19.4 Å². The van der Waals surface area contributed by atoms with Crippen LogP contribution >= 0.6 is 0 Å². The molecule has 1 saturated heterocycles. The SMILES string of the molecule is Cc1cc(C(=O)N2CCC(Oc3cccnc3)C2)n(C)n1. The van der Waals surface area contributed by atoms with Crippen molar-refractivity contribution in [3.05, 3.63) is 42.0 Å². The molecule has 2 aromatic rings. The van der Waals surface area contributed by atoms with Gasteiger partial charge in [0.25, 0.3) is 5.91 Å². The minimum Gasteiger partial charge on any atom is -0.487 e. The molecule has 1 aliphatic heterocycles. The first-order valence-corrected chi connectivity index (χ1v) is 7.00. The first kappa shape index (κ1) is 13.6. The van der Waals surface area contributed by atoms with E-state index < -0.39 is 0 Å². The molecule has 6 nitrogen and oxygen atoms in total. The Morgan fingerprint density at radius 3 is 3.00 bits per heavy atom. The average molecular weight is 286 g/mol. The Balaban J connectivity index is 1.64. The molecule has 2 aromatic heterocycles. The van der Waals surface area contributed by atoms with Gasteiger partial charge in [-0.3, -0.25) is 14.5 Å². The molecule has 1 amide bonds. The highest BCUT2D eigenvalue weighted by atomic mass is 16.5. The Morgan fingerprint density at radius 1 is 1.48 bits per heavy atom. The van der Waals surface area contributed by atoms with Gasteiger partial charge in [0.2, 0.25) is 0 Å². The Bertz CT molecular complexity index is 638. The standard InChI is InChI=1S/C15H18N4O2/c1-11-8-14(18(2)17-11)15(20)19-7-5-13(10-19)21-12-4-3-6-16-9-12/h3-4,6,8-9,13H,5,7,10H2,1-2H3. The van der Waals surface area contributed by atoms with Crippen LogP contribution in [0, 0.1) is 6.92 Å². The van der Waals surface area contributed by atoms with Gasteiger partial charge in [-0.25, -0.2) is 0 Å². The average Bonchev–Trinajstić information content (AvgIpc) is 3.06. The van der Waals surface area contributed by atoms with E-state index in [1.54, 1.807) is 24.1 Å². The largest absolute Gasteiger partial charge is 0.487 e. The summed E-state index contributed by atoms with van der Waals surface area (Å²) in [7, 11) is 1.79. The third kappa shape index (κ3) is 2.89. The summed E-state index contributed by atoms with van der Waals surface area (Å²) in [5, 5.41) is 4.22. The quantitative estimate of drug-likeness (QED) is 0.856. The van der Waals surface area contributed by atoms with Gasteiger partial charge in [-0.2, -0.15) is 5.10 Å². The number of likely N-dealkylation sites (tertiary alicyclic amines) is 1. The van der Waals surface area contributed by atoms with Gasteiger partial charge >= 0.3 is 0 Å². The van der Waals surface area contributed by atoms with Gasteiger partial charge in [-0.15, -0.1) is 0 Å². The molecule has 3 rings (SSSR count). The van der Waals surface area contributed by atoms with Crippen LogP contribution in [0.5, 0.6) is 5.75 Å². The molecule has 6 heteroatoms. The van der Waals surface area contributed by atoms with Crippen molar-refractivity contribution in [2.75, 3.05) is 13.1 Å². The summed E-state index contributed by atoms with van der Waals surface area (Å²) in [5.41, 5.74) is 1.47. The number of hydrogen-bond donors (Lipinski definition) is 0. The van der Waals surface area contributed by atoms with Crippen molar-refractivity contribution in [1.29, 1.82) is 0 Å². The molecule has 1 atom stereocenters. The lowest BCUT2D eigenvalue weighted by atomic mass is 10.3. The number of carbonyl (C=O) groups is 1. The number of amides is 1. The first-order chi connectivity index (χ1) is 10.1. The van der Waals surface area contributed by atoms with Gasteiger partial charge < -0.3 is 9.64 Å². The number of aryl methyl sites for hydroxylation is 2. The summed E-state index contributed by atoms with van der Waals surface area (Å²) in [6, 6.07) is 5.53. The maximum Gasteiger partial charge on any atom is 0.272 e. The Morgan fingerprint density at radius 2 is 2.33 bits per heavy atom. The Kier molecular flexibility index (Phi) is 3.60. The second kappa shape index (κ2) is 5.55. The number of hydrogen-bond acceptors (Lipinski definition) is 4. The molecular weight excluding hydrogens is 268 g/mol. The van der Waals surface area contributed by atoms with E-state index in [9.17, 15) is 4.79 Å². The minimum atomic E-state index is 0.00962. The lowest BCUT2D eigenvalue weighted by Crippen LogP contribution is -2.32. The fourth-order valence-electron chi connectivity index (χ4n) is 2.59. The van der Waals surface area contributed by atoms with Gasteiger partial charge in [-0.1, -0.05) is 0 Å². The third-order valence-corrected chi connectivity index (χ3v) is 3.59. The molecular formula is C15H18N4O2. The van der Waals surface area contributed by atoms with E-state index in [4.69, 9.17) is 4.74 Å². The number of ether oxygens (including phenoxy) is 1. The summed E-state index contributed by atoms with van der Waals surface area (Å²) < 4.78 is 7.48. The fraction of sp³-hybridized carbons (Fsp3) is 0.400. The van der Waals surface area contributed by atoms with Crippen LogP contribution in [0.25, 0.3) is 0 Å². The zero-order valence-electron chi connectivity index (χ0n) is 12.2. The Labute approximate surface area is 123 Å². The van der Waals surface area contributed by atoms with Crippen molar-refractivity contribution in [1.82, 2.24) is 19.7 Å². The first-order valence-electron chi connectivity index (χ1n) is 7.00. The number of rotatable bonds is 3. The molecule has 0 radical (unpaired) electrons. The number of aromatic nitrogens is 3. The molecule has 1 unspecified atom stereocenters. The lowest BCUT2D eigenvalue weighted by Gasteiger charge is -2.17. The van der Waals surface area contributed by atoms with Crippen LogP contribution in [-0.4, -0.2) is 44.8 Å². The van der Waals surface area contributed by atoms with E-state index in [0.717, 1.165) is 17.9 Å². The number of nitrogens with zero attached hydrogens (tertiary/aromatic N) is 4. The fourth-order valence-corrected chi connectivity index (χ4v) is 2.59. The van der Waals surface area contributed by atoms with Gasteiger partial charge in [0.1, 0.15) is 17.5 Å². The second-order valence-corrected chi connectivity index (χ2v) is 5.26. The molecule has 1 aliphatic rings. The van der Waals surface area contributed by atoms with Crippen LogP contribution < -0.4 is 4.74 Å².